The normalized spacial score (nSPS) is 25.7. The highest BCUT2D eigenvalue weighted by molar-refractivity contribution is 7.99. The summed E-state index contributed by atoms with van der Waals surface area (Å²) in [5.74, 6) is -0.124. The molecule has 3 atom stereocenters. The Bertz CT molecular complexity index is 716. The van der Waals surface area contributed by atoms with Crippen molar-refractivity contribution in [3.05, 3.63) is 48.0 Å². The molecule has 2 bridgehead atoms. The first-order valence-electron chi connectivity index (χ1n) is 7.77. The van der Waals surface area contributed by atoms with Crippen molar-refractivity contribution in [3.8, 4) is 0 Å². The van der Waals surface area contributed by atoms with Crippen LogP contribution in [0.3, 0.4) is 0 Å². The molecule has 0 radical (unpaired) electrons. The minimum Gasteiger partial charge on any atom is -0.444 e. The molecule has 0 saturated carbocycles. The van der Waals surface area contributed by atoms with Gasteiger partial charge in [0.15, 0.2) is 10.9 Å². The van der Waals surface area contributed by atoms with Crippen molar-refractivity contribution in [1.29, 1.82) is 0 Å². The average molecular weight is 332 g/mol. The summed E-state index contributed by atoms with van der Waals surface area (Å²) in [6, 6.07) is 10.8. The van der Waals surface area contributed by atoms with Gasteiger partial charge >= 0.3 is 0 Å². The van der Waals surface area contributed by atoms with Crippen LogP contribution in [0.25, 0.3) is 0 Å². The minimum absolute atomic E-state index is 0.171. The molecule has 4 rings (SSSR count). The van der Waals surface area contributed by atoms with Crippen molar-refractivity contribution in [2.45, 2.75) is 47.4 Å². The van der Waals surface area contributed by atoms with Gasteiger partial charge in [0.05, 0.1) is 0 Å². The van der Waals surface area contributed by atoms with Crippen molar-refractivity contribution in [3.63, 3.8) is 0 Å². The molecule has 6 heteroatoms. The zero-order valence-corrected chi connectivity index (χ0v) is 13.2. The highest BCUT2D eigenvalue weighted by atomic mass is 32.2. The maximum atomic E-state index is 12.9. The topological polar surface area (TPSA) is 54.3 Å². The van der Waals surface area contributed by atoms with E-state index in [2.05, 4.69) is 10.6 Å². The van der Waals surface area contributed by atoms with Gasteiger partial charge in [-0.1, -0.05) is 11.8 Å². The van der Waals surface area contributed by atoms with Gasteiger partial charge in [-0.2, -0.15) is 0 Å². The molecule has 2 aliphatic rings. The van der Waals surface area contributed by atoms with Crippen molar-refractivity contribution in [2.75, 3.05) is 0 Å². The summed E-state index contributed by atoms with van der Waals surface area (Å²) in [4.78, 5) is 13.2. The highest BCUT2D eigenvalue weighted by Gasteiger charge is 2.39. The first-order valence-corrected chi connectivity index (χ1v) is 8.59. The fourth-order valence-electron chi connectivity index (χ4n) is 3.34. The Morgan fingerprint density at radius 3 is 2.74 bits per heavy atom. The average Bonchev–Trinajstić information content (AvgIpc) is 3.26. The van der Waals surface area contributed by atoms with Gasteiger partial charge in [0, 0.05) is 23.0 Å². The maximum Gasteiger partial charge on any atom is 0.287 e. The molecule has 2 saturated heterocycles. The SMILES string of the molecule is O=C(N[C@@H]1C[C@H]2CC[C@@H]1N2)c1ccc(Sc2ccc(F)cc2)o1. The molecule has 1 aromatic heterocycles. The van der Waals surface area contributed by atoms with E-state index in [1.807, 2.05) is 0 Å². The van der Waals surface area contributed by atoms with Crippen LogP contribution >= 0.6 is 11.8 Å². The Morgan fingerprint density at radius 1 is 1.22 bits per heavy atom. The second kappa shape index (κ2) is 6.02. The van der Waals surface area contributed by atoms with E-state index in [1.54, 1.807) is 24.3 Å². The largest absolute Gasteiger partial charge is 0.444 e. The Morgan fingerprint density at radius 2 is 2.04 bits per heavy atom. The zero-order valence-electron chi connectivity index (χ0n) is 12.4. The monoisotopic (exact) mass is 332 g/mol. The van der Waals surface area contributed by atoms with Crippen LogP contribution in [-0.4, -0.2) is 24.0 Å². The van der Waals surface area contributed by atoms with Gasteiger partial charge in [0.1, 0.15) is 5.82 Å². The lowest BCUT2D eigenvalue weighted by Gasteiger charge is -2.20. The first kappa shape index (κ1) is 14.8. The second-order valence-corrected chi connectivity index (χ2v) is 7.12. The molecular formula is C17H17FN2O2S. The third kappa shape index (κ3) is 3.14. The van der Waals surface area contributed by atoms with Gasteiger partial charge < -0.3 is 15.1 Å². The number of halogens is 1. The van der Waals surface area contributed by atoms with Crippen LogP contribution in [0, 0.1) is 5.82 Å². The molecule has 1 amide bonds. The third-order valence-electron chi connectivity index (χ3n) is 4.45. The number of hydrogen-bond acceptors (Lipinski definition) is 4. The summed E-state index contributed by atoms with van der Waals surface area (Å²) >= 11 is 1.36. The van der Waals surface area contributed by atoms with E-state index >= 15 is 0 Å². The van der Waals surface area contributed by atoms with Gasteiger partial charge in [-0.05, 0) is 55.7 Å². The molecule has 2 aromatic rings. The molecule has 0 aliphatic carbocycles. The van der Waals surface area contributed by atoms with Gasteiger partial charge in [-0.25, -0.2) is 4.39 Å². The fourth-order valence-corrected chi connectivity index (χ4v) is 4.11. The lowest BCUT2D eigenvalue weighted by atomic mass is 9.95. The molecule has 120 valence electrons. The number of fused-ring (bicyclic) bond motifs is 2. The Labute approximate surface area is 137 Å². The van der Waals surface area contributed by atoms with Crippen LogP contribution in [0.5, 0.6) is 0 Å². The number of hydrogen-bond donors (Lipinski definition) is 2. The van der Waals surface area contributed by atoms with Crippen LogP contribution in [-0.2, 0) is 0 Å². The molecule has 3 heterocycles. The molecule has 0 unspecified atom stereocenters. The van der Waals surface area contributed by atoms with E-state index in [0.717, 1.165) is 17.7 Å². The number of amides is 1. The number of benzene rings is 1. The summed E-state index contributed by atoms with van der Waals surface area (Å²) < 4.78 is 18.5. The van der Waals surface area contributed by atoms with Gasteiger partial charge in [-0.3, -0.25) is 4.79 Å². The van der Waals surface area contributed by atoms with Crippen molar-refractivity contribution >= 4 is 17.7 Å². The fraction of sp³-hybridized carbons (Fsp3) is 0.353. The minimum atomic E-state index is -0.270. The Hall–Kier alpha value is -1.79. The van der Waals surface area contributed by atoms with Crippen LogP contribution in [0.1, 0.15) is 29.8 Å². The molecule has 1 aromatic carbocycles. The van der Waals surface area contributed by atoms with Crippen molar-refractivity contribution < 1.29 is 13.6 Å². The number of furan rings is 1. The number of rotatable bonds is 4. The van der Waals surface area contributed by atoms with Crippen LogP contribution in [0.15, 0.2) is 50.8 Å². The molecule has 2 aliphatic heterocycles. The van der Waals surface area contributed by atoms with E-state index in [4.69, 9.17) is 4.42 Å². The highest BCUT2D eigenvalue weighted by Crippen LogP contribution is 2.30. The molecule has 0 spiro atoms. The van der Waals surface area contributed by atoms with E-state index in [-0.39, 0.29) is 17.8 Å². The predicted octanol–water partition coefficient (Wildman–Crippen LogP) is 3.19. The predicted molar refractivity (Wildman–Crippen MR) is 85.0 cm³/mol. The van der Waals surface area contributed by atoms with Gasteiger partial charge in [0.25, 0.3) is 5.91 Å². The van der Waals surface area contributed by atoms with Crippen LogP contribution in [0.4, 0.5) is 4.39 Å². The molecule has 23 heavy (non-hydrogen) atoms. The Balaban J connectivity index is 1.39. The molecule has 2 N–H and O–H groups in total. The van der Waals surface area contributed by atoms with Gasteiger partial charge in [-0.15, -0.1) is 0 Å². The van der Waals surface area contributed by atoms with Crippen LogP contribution < -0.4 is 10.6 Å². The lowest BCUT2D eigenvalue weighted by Crippen LogP contribution is -2.42. The quantitative estimate of drug-likeness (QED) is 0.903. The van der Waals surface area contributed by atoms with Crippen molar-refractivity contribution in [1.82, 2.24) is 10.6 Å². The maximum absolute atomic E-state index is 12.9. The van der Waals surface area contributed by atoms with E-state index in [1.165, 1.54) is 30.3 Å². The smallest absolute Gasteiger partial charge is 0.287 e. The van der Waals surface area contributed by atoms with Crippen LogP contribution in [0.2, 0.25) is 0 Å². The number of carbonyl (C=O) groups is 1. The third-order valence-corrected chi connectivity index (χ3v) is 5.38. The molecule has 4 nitrogen and oxygen atoms in total. The second-order valence-electron chi connectivity index (χ2n) is 6.04. The summed E-state index contributed by atoms with van der Waals surface area (Å²) in [6.45, 7) is 0. The van der Waals surface area contributed by atoms with E-state index in [9.17, 15) is 9.18 Å². The lowest BCUT2D eigenvalue weighted by molar-refractivity contribution is 0.0897. The summed E-state index contributed by atoms with van der Waals surface area (Å²) in [6.07, 6.45) is 3.32. The summed E-state index contributed by atoms with van der Waals surface area (Å²) in [5.41, 5.74) is 0. The molecule has 2 fully saturated rings. The van der Waals surface area contributed by atoms with E-state index in [0.29, 0.717) is 22.9 Å². The summed E-state index contributed by atoms with van der Waals surface area (Å²) in [5, 5.41) is 7.17. The standard InChI is InChI=1S/C17H17FN2O2S/c18-10-1-4-12(5-2-10)23-16-8-7-15(22-16)17(21)20-14-9-11-3-6-13(14)19-11/h1-2,4-5,7-8,11,13-14,19H,3,6,9H2,(H,20,21)/t11-,13+,14-/m1/s1. The molecular weight excluding hydrogens is 315 g/mol. The van der Waals surface area contributed by atoms with Crippen molar-refractivity contribution in [2.24, 2.45) is 0 Å². The first-order chi connectivity index (χ1) is 11.2. The number of carbonyl (C=O) groups excluding carboxylic acids is 1. The summed E-state index contributed by atoms with van der Waals surface area (Å²) in [7, 11) is 0. The van der Waals surface area contributed by atoms with E-state index < -0.39 is 0 Å². The zero-order chi connectivity index (χ0) is 15.8. The number of nitrogens with one attached hydrogen (secondary N) is 2. The Kier molecular flexibility index (Phi) is 3.87. The van der Waals surface area contributed by atoms with Gasteiger partial charge in [0.2, 0.25) is 0 Å².